The van der Waals surface area contributed by atoms with Gasteiger partial charge in [-0.2, -0.15) is 5.10 Å². The smallest absolute Gasteiger partial charge is 0.141 e. The minimum atomic E-state index is 0.578. The molecular formula is C10H9BrClN3. The molecule has 2 aromatic rings. The molecular weight excluding hydrogens is 277 g/mol. The van der Waals surface area contributed by atoms with Gasteiger partial charge in [-0.15, -0.1) is 0 Å². The maximum atomic E-state index is 5.90. The van der Waals surface area contributed by atoms with Gasteiger partial charge in [0.1, 0.15) is 5.82 Å². The number of anilines is 1. The molecule has 0 unspecified atom stereocenters. The minimum absolute atomic E-state index is 0.578. The summed E-state index contributed by atoms with van der Waals surface area (Å²) in [6, 6.07) is 7.40. The molecule has 0 atom stereocenters. The Morgan fingerprint density at radius 1 is 1.47 bits per heavy atom. The Kier molecular flexibility index (Phi) is 2.71. The molecule has 78 valence electrons. The van der Waals surface area contributed by atoms with Crippen LogP contribution >= 0.6 is 27.5 Å². The molecule has 0 aliphatic rings. The fraction of sp³-hybridized carbons (Fsp3) is 0.100. The van der Waals surface area contributed by atoms with Gasteiger partial charge in [0.2, 0.25) is 0 Å². The summed E-state index contributed by atoms with van der Waals surface area (Å²) in [5.74, 6) is 0.578. The lowest BCUT2D eigenvalue weighted by Crippen LogP contribution is -2.01. The van der Waals surface area contributed by atoms with Crippen molar-refractivity contribution in [3.05, 3.63) is 39.5 Å². The van der Waals surface area contributed by atoms with Gasteiger partial charge in [0, 0.05) is 5.02 Å². The number of nitrogen functional groups attached to an aromatic ring is 1. The standard InChI is InChI=1S/C10H9BrClN3/c1-6-9(11)10(13)15(14-6)8-4-2-3-7(12)5-8/h2-5H,13H2,1H3. The van der Waals surface area contributed by atoms with Crippen molar-refractivity contribution in [1.82, 2.24) is 9.78 Å². The third kappa shape index (κ3) is 1.87. The van der Waals surface area contributed by atoms with E-state index in [1.54, 1.807) is 4.68 Å². The summed E-state index contributed by atoms with van der Waals surface area (Å²) in [6.07, 6.45) is 0. The van der Waals surface area contributed by atoms with Crippen molar-refractivity contribution in [2.24, 2.45) is 0 Å². The number of hydrogen-bond donors (Lipinski definition) is 1. The Bertz CT molecular complexity index is 507. The fourth-order valence-corrected chi connectivity index (χ4v) is 1.76. The highest BCUT2D eigenvalue weighted by Gasteiger charge is 2.10. The van der Waals surface area contributed by atoms with Gasteiger partial charge in [0.25, 0.3) is 0 Å². The number of benzene rings is 1. The molecule has 15 heavy (non-hydrogen) atoms. The van der Waals surface area contributed by atoms with Crippen LogP contribution in [0.1, 0.15) is 5.69 Å². The van der Waals surface area contributed by atoms with Crippen LogP contribution in [0.4, 0.5) is 5.82 Å². The van der Waals surface area contributed by atoms with E-state index in [0.29, 0.717) is 10.8 Å². The van der Waals surface area contributed by atoms with Crippen molar-refractivity contribution in [2.45, 2.75) is 6.92 Å². The molecule has 5 heteroatoms. The summed E-state index contributed by atoms with van der Waals surface area (Å²) < 4.78 is 2.48. The van der Waals surface area contributed by atoms with Crippen LogP contribution in [0.15, 0.2) is 28.7 Å². The van der Waals surface area contributed by atoms with Gasteiger partial charge in [-0.05, 0) is 41.1 Å². The molecule has 0 bridgehead atoms. The maximum absolute atomic E-state index is 5.90. The number of nitrogens with two attached hydrogens (primary N) is 1. The first-order chi connectivity index (χ1) is 7.09. The number of nitrogens with zero attached hydrogens (tertiary/aromatic N) is 2. The van der Waals surface area contributed by atoms with E-state index in [-0.39, 0.29) is 0 Å². The summed E-state index contributed by atoms with van der Waals surface area (Å²) in [7, 11) is 0. The lowest BCUT2D eigenvalue weighted by molar-refractivity contribution is 0.872. The zero-order valence-corrected chi connectivity index (χ0v) is 10.4. The second kappa shape index (κ2) is 3.87. The normalized spacial score (nSPS) is 10.6. The lowest BCUT2D eigenvalue weighted by atomic mass is 10.3. The zero-order chi connectivity index (χ0) is 11.0. The third-order valence-corrected chi connectivity index (χ3v) is 3.29. The van der Waals surface area contributed by atoms with Gasteiger partial charge in [-0.3, -0.25) is 0 Å². The quantitative estimate of drug-likeness (QED) is 0.875. The molecule has 3 nitrogen and oxygen atoms in total. The first kappa shape index (κ1) is 10.5. The van der Waals surface area contributed by atoms with Crippen molar-refractivity contribution in [3.8, 4) is 5.69 Å². The largest absolute Gasteiger partial charge is 0.383 e. The predicted octanol–water partition coefficient (Wildman–Crippen LogP) is 3.18. The monoisotopic (exact) mass is 285 g/mol. The highest BCUT2D eigenvalue weighted by molar-refractivity contribution is 9.10. The molecule has 0 aliphatic carbocycles. The molecule has 2 rings (SSSR count). The fourth-order valence-electron chi connectivity index (χ4n) is 1.33. The van der Waals surface area contributed by atoms with Crippen LogP contribution in [0, 0.1) is 6.92 Å². The van der Waals surface area contributed by atoms with Gasteiger partial charge in [-0.25, -0.2) is 4.68 Å². The van der Waals surface area contributed by atoms with E-state index < -0.39 is 0 Å². The van der Waals surface area contributed by atoms with E-state index in [9.17, 15) is 0 Å². The van der Waals surface area contributed by atoms with E-state index in [4.69, 9.17) is 17.3 Å². The zero-order valence-electron chi connectivity index (χ0n) is 8.04. The SMILES string of the molecule is Cc1nn(-c2cccc(Cl)c2)c(N)c1Br. The number of rotatable bonds is 1. The molecule has 0 aliphatic heterocycles. The van der Waals surface area contributed by atoms with E-state index in [2.05, 4.69) is 21.0 Å². The first-order valence-electron chi connectivity index (χ1n) is 4.36. The van der Waals surface area contributed by atoms with Crippen LogP contribution in [-0.2, 0) is 0 Å². The number of aryl methyl sites for hydroxylation is 1. The van der Waals surface area contributed by atoms with Gasteiger partial charge in [-0.1, -0.05) is 17.7 Å². The lowest BCUT2D eigenvalue weighted by Gasteiger charge is -2.03. The average Bonchev–Trinajstić information content (AvgIpc) is 2.46. The summed E-state index contributed by atoms with van der Waals surface area (Å²) in [5, 5.41) is 4.97. The van der Waals surface area contributed by atoms with Crippen molar-refractivity contribution < 1.29 is 0 Å². The Hall–Kier alpha value is -1.00. The predicted molar refractivity (Wildman–Crippen MR) is 65.4 cm³/mol. The van der Waals surface area contributed by atoms with Gasteiger partial charge < -0.3 is 5.73 Å². The highest BCUT2D eigenvalue weighted by atomic mass is 79.9. The topological polar surface area (TPSA) is 43.8 Å². The minimum Gasteiger partial charge on any atom is -0.383 e. The number of aromatic nitrogens is 2. The van der Waals surface area contributed by atoms with E-state index in [1.165, 1.54) is 0 Å². The van der Waals surface area contributed by atoms with Crippen LogP contribution in [-0.4, -0.2) is 9.78 Å². The molecule has 1 aromatic heterocycles. The van der Waals surface area contributed by atoms with Crippen molar-refractivity contribution >= 4 is 33.3 Å². The Balaban J connectivity index is 2.59. The molecule has 0 radical (unpaired) electrons. The van der Waals surface area contributed by atoms with E-state index in [0.717, 1.165) is 15.9 Å². The van der Waals surface area contributed by atoms with E-state index in [1.807, 2.05) is 31.2 Å². The average molecular weight is 287 g/mol. The van der Waals surface area contributed by atoms with Crippen molar-refractivity contribution in [1.29, 1.82) is 0 Å². The molecule has 1 heterocycles. The Morgan fingerprint density at radius 3 is 2.73 bits per heavy atom. The molecule has 0 saturated heterocycles. The van der Waals surface area contributed by atoms with Crippen LogP contribution < -0.4 is 5.73 Å². The Morgan fingerprint density at radius 2 is 2.20 bits per heavy atom. The maximum Gasteiger partial charge on any atom is 0.141 e. The third-order valence-electron chi connectivity index (χ3n) is 2.07. The molecule has 0 amide bonds. The second-order valence-corrected chi connectivity index (χ2v) is 4.41. The van der Waals surface area contributed by atoms with Crippen LogP contribution in [0.5, 0.6) is 0 Å². The summed E-state index contributed by atoms with van der Waals surface area (Å²) in [5.41, 5.74) is 7.61. The summed E-state index contributed by atoms with van der Waals surface area (Å²) in [6.45, 7) is 1.89. The number of halogens is 2. The molecule has 0 spiro atoms. The molecule has 0 fully saturated rings. The van der Waals surface area contributed by atoms with Gasteiger partial charge >= 0.3 is 0 Å². The van der Waals surface area contributed by atoms with E-state index >= 15 is 0 Å². The van der Waals surface area contributed by atoms with Gasteiger partial charge in [0.05, 0.1) is 15.9 Å². The van der Waals surface area contributed by atoms with Crippen LogP contribution in [0.25, 0.3) is 5.69 Å². The highest BCUT2D eigenvalue weighted by Crippen LogP contribution is 2.26. The molecule has 2 N–H and O–H groups in total. The van der Waals surface area contributed by atoms with Crippen molar-refractivity contribution in [3.63, 3.8) is 0 Å². The first-order valence-corrected chi connectivity index (χ1v) is 5.53. The second-order valence-electron chi connectivity index (χ2n) is 3.18. The molecule has 1 aromatic carbocycles. The number of hydrogen-bond acceptors (Lipinski definition) is 2. The van der Waals surface area contributed by atoms with Crippen molar-refractivity contribution in [2.75, 3.05) is 5.73 Å². The molecule has 0 saturated carbocycles. The van der Waals surface area contributed by atoms with Crippen LogP contribution in [0.3, 0.4) is 0 Å². The van der Waals surface area contributed by atoms with Gasteiger partial charge in [0.15, 0.2) is 0 Å². The van der Waals surface area contributed by atoms with Crippen LogP contribution in [0.2, 0.25) is 5.02 Å². The Labute approximate surface area is 101 Å². The summed E-state index contributed by atoms with van der Waals surface area (Å²) >= 11 is 9.27. The summed E-state index contributed by atoms with van der Waals surface area (Å²) in [4.78, 5) is 0.